The first-order valence-electron chi connectivity index (χ1n) is 11.1. The molecule has 0 aliphatic carbocycles. The van der Waals surface area contributed by atoms with E-state index in [-0.39, 0.29) is 24.0 Å². The molecule has 2 saturated heterocycles. The second-order valence-electron chi connectivity index (χ2n) is 8.47. The van der Waals surface area contributed by atoms with E-state index in [0.29, 0.717) is 50.9 Å². The van der Waals surface area contributed by atoms with Crippen molar-refractivity contribution in [3.05, 3.63) is 58.1 Å². The third-order valence-corrected chi connectivity index (χ3v) is 6.09. The molecule has 0 spiro atoms. The second-order valence-corrected chi connectivity index (χ2v) is 8.47. The van der Waals surface area contributed by atoms with Crippen LogP contribution in [-0.4, -0.2) is 60.9 Å². The second kappa shape index (κ2) is 9.90. The van der Waals surface area contributed by atoms with E-state index in [1.807, 2.05) is 11.0 Å². The van der Waals surface area contributed by atoms with Gasteiger partial charge in [-0.2, -0.15) is 13.2 Å². The molecule has 0 saturated carbocycles. The minimum atomic E-state index is -4.67. The Morgan fingerprint density at radius 1 is 1.06 bits per heavy atom. The highest BCUT2D eigenvalue weighted by Gasteiger charge is 2.34. The Balaban J connectivity index is 1.34. The Morgan fingerprint density at radius 3 is 2.43 bits per heavy atom. The highest BCUT2D eigenvalue weighted by molar-refractivity contribution is 5.97. The first kappa shape index (κ1) is 24.5. The van der Waals surface area contributed by atoms with Crippen molar-refractivity contribution >= 4 is 34.6 Å². The maximum Gasteiger partial charge on any atom is 0.416 e. The van der Waals surface area contributed by atoms with Crippen LogP contribution in [0.15, 0.2) is 42.5 Å². The van der Waals surface area contributed by atoms with Crippen LogP contribution >= 0.6 is 0 Å². The van der Waals surface area contributed by atoms with Gasteiger partial charge in [0.25, 0.3) is 5.69 Å². The molecule has 2 aromatic rings. The van der Waals surface area contributed by atoms with Gasteiger partial charge in [0.05, 0.1) is 17.0 Å². The standard InChI is InChI=1S/C23H24F3N5O4/c24-23(25,26)16-6-7-19(20(13-16)31(34)35)29-11-9-28(10-12-29)15-21(32)27-17-3-1-4-18(14-17)30-8-2-5-22(30)33/h1,3-4,6-7,13-14H,2,5,8-12,15H2,(H,27,32). The number of nitro benzene ring substituents is 1. The van der Waals surface area contributed by atoms with E-state index in [9.17, 15) is 32.9 Å². The van der Waals surface area contributed by atoms with Gasteiger partial charge in [-0.05, 0) is 36.8 Å². The zero-order chi connectivity index (χ0) is 25.2. The molecule has 0 bridgehead atoms. The number of nitrogens with zero attached hydrogens (tertiary/aromatic N) is 4. The number of hydrogen-bond acceptors (Lipinski definition) is 6. The predicted molar refractivity (Wildman–Crippen MR) is 123 cm³/mol. The monoisotopic (exact) mass is 491 g/mol. The van der Waals surface area contributed by atoms with Crippen LogP contribution < -0.4 is 15.1 Å². The number of hydrogen-bond donors (Lipinski definition) is 1. The Morgan fingerprint density at radius 2 is 1.80 bits per heavy atom. The fourth-order valence-corrected chi connectivity index (χ4v) is 4.34. The first-order valence-corrected chi connectivity index (χ1v) is 11.1. The van der Waals surface area contributed by atoms with E-state index < -0.39 is 22.4 Å². The molecule has 35 heavy (non-hydrogen) atoms. The maximum atomic E-state index is 13.0. The van der Waals surface area contributed by atoms with Gasteiger partial charge in [-0.15, -0.1) is 0 Å². The molecule has 0 atom stereocenters. The lowest BCUT2D eigenvalue weighted by Gasteiger charge is -2.35. The number of carbonyl (C=O) groups excluding carboxylic acids is 2. The van der Waals surface area contributed by atoms with Crippen molar-refractivity contribution in [3.8, 4) is 0 Å². The van der Waals surface area contributed by atoms with Gasteiger partial charge in [0.15, 0.2) is 0 Å². The van der Waals surface area contributed by atoms with Gasteiger partial charge >= 0.3 is 6.18 Å². The molecule has 2 fully saturated rings. The smallest absolute Gasteiger partial charge is 0.363 e. The summed E-state index contributed by atoms with van der Waals surface area (Å²) >= 11 is 0. The molecular weight excluding hydrogens is 467 g/mol. The molecule has 12 heteroatoms. The van der Waals surface area contributed by atoms with Gasteiger partial charge in [-0.1, -0.05) is 6.07 Å². The number of amides is 2. The Kier molecular flexibility index (Phi) is 6.92. The number of rotatable bonds is 6. The van der Waals surface area contributed by atoms with Crippen LogP contribution in [0.1, 0.15) is 18.4 Å². The molecule has 0 unspecified atom stereocenters. The summed E-state index contributed by atoms with van der Waals surface area (Å²) < 4.78 is 38.9. The third-order valence-electron chi connectivity index (χ3n) is 6.09. The fraction of sp³-hybridized carbons (Fsp3) is 0.391. The lowest BCUT2D eigenvalue weighted by atomic mass is 10.1. The summed E-state index contributed by atoms with van der Waals surface area (Å²) in [6.45, 7) is 2.22. The number of anilines is 3. The predicted octanol–water partition coefficient (Wildman–Crippen LogP) is 3.50. The SMILES string of the molecule is O=C(CN1CCN(c2ccc(C(F)(F)F)cc2[N+](=O)[O-])CC1)Nc1cccc(N2CCCC2=O)c1. The summed E-state index contributed by atoms with van der Waals surface area (Å²) in [5, 5.41) is 14.2. The average molecular weight is 491 g/mol. The molecule has 0 radical (unpaired) electrons. The molecule has 2 aliphatic heterocycles. The lowest BCUT2D eigenvalue weighted by molar-refractivity contribution is -0.384. The summed E-state index contributed by atoms with van der Waals surface area (Å²) in [5.74, 6) is -0.191. The topological polar surface area (TPSA) is 99.0 Å². The first-order chi connectivity index (χ1) is 16.6. The molecule has 2 amide bonds. The number of piperazine rings is 1. The minimum Gasteiger partial charge on any atom is -0.363 e. The van der Waals surface area contributed by atoms with Crippen LogP contribution in [0, 0.1) is 10.1 Å². The maximum absolute atomic E-state index is 13.0. The number of nitrogens with one attached hydrogen (secondary N) is 1. The normalized spacial score (nSPS) is 17.1. The fourth-order valence-electron chi connectivity index (χ4n) is 4.34. The van der Waals surface area contributed by atoms with E-state index in [2.05, 4.69) is 5.32 Å². The van der Waals surface area contributed by atoms with E-state index in [1.165, 1.54) is 0 Å². The van der Waals surface area contributed by atoms with Crippen LogP contribution in [-0.2, 0) is 15.8 Å². The van der Waals surface area contributed by atoms with Crippen LogP contribution in [0.2, 0.25) is 0 Å². The van der Waals surface area contributed by atoms with E-state index in [4.69, 9.17) is 0 Å². The molecular formula is C23H24F3N5O4. The molecule has 4 rings (SSSR count). The number of nitro groups is 1. The largest absolute Gasteiger partial charge is 0.416 e. The molecule has 186 valence electrons. The summed E-state index contributed by atoms with van der Waals surface area (Å²) in [7, 11) is 0. The number of benzene rings is 2. The van der Waals surface area contributed by atoms with Gasteiger partial charge in [0.1, 0.15) is 5.69 Å². The lowest BCUT2D eigenvalue weighted by Crippen LogP contribution is -2.48. The van der Waals surface area contributed by atoms with Gasteiger partial charge in [-0.3, -0.25) is 24.6 Å². The van der Waals surface area contributed by atoms with Crippen LogP contribution in [0.25, 0.3) is 0 Å². The molecule has 1 N–H and O–H groups in total. The molecule has 2 heterocycles. The van der Waals surface area contributed by atoms with Crippen LogP contribution in [0.4, 0.5) is 35.9 Å². The summed E-state index contributed by atoms with van der Waals surface area (Å²) in [6.07, 6.45) is -3.35. The molecule has 9 nitrogen and oxygen atoms in total. The summed E-state index contributed by atoms with van der Waals surface area (Å²) in [6, 6.07) is 9.60. The number of alkyl halides is 3. The quantitative estimate of drug-likeness (QED) is 0.491. The van der Waals surface area contributed by atoms with E-state index in [1.54, 1.807) is 28.0 Å². The number of halogens is 3. The van der Waals surface area contributed by atoms with Gasteiger partial charge in [0.2, 0.25) is 11.8 Å². The van der Waals surface area contributed by atoms with Gasteiger partial charge < -0.3 is 15.1 Å². The minimum absolute atomic E-state index is 0.0552. The number of carbonyl (C=O) groups is 2. The van der Waals surface area contributed by atoms with Gasteiger partial charge in [0, 0.05) is 56.6 Å². The van der Waals surface area contributed by atoms with Crippen molar-refractivity contribution in [2.75, 3.05) is 54.4 Å². The van der Waals surface area contributed by atoms with Crippen molar-refractivity contribution in [2.45, 2.75) is 19.0 Å². The van der Waals surface area contributed by atoms with Crippen molar-refractivity contribution in [2.24, 2.45) is 0 Å². The summed E-state index contributed by atoms with van der Waals surface area (Å²) in [4.78, 5) is 40.3. The zero-order valence-corrected chi connectivity index (χ0v) is 18.8. The highest BCUT2D eigenvalue weighted by atomic mass is 19.4. The van der Waals surface area contributed by atoms with Gasteiger partial charge in [-0.25, -0.2) is 0 Å². The molecule has 2 aromatic carbocycles. The Labute approximate surface area is 199 Å². The molecule has 2 aliphatic rings. The van der Waals surface area contributed by atoms with Crippen LogP contribution in [0.5, 0.6) is 0 Å². The third kappa shape index (κ3) is 5.70. The van der Waals surface area contributed by atoms with Crippen molar-refractivity contribution in [1.29, 1.82) is 0 Å². The Bertz CT molecular complexity index is 1130. The molecule has 0 aromatic heterocycles. The highest BCUT2D eigenvalue weighted by Crippen LogP contribution is 2.36. The van der Waals surface area contributed by atoms with Crippen LogP contribution in [0.3, 0.4) is 0 Å². The zero-order valence-electron chi connectivity index (χ0n) is 18.8. The van der Waals surface area contributed by atoms with Crippen molar-refractivity contribution in [1.82, 2.24) is 4.90 Å². The van der Waals surface area contributed by atoms with E-state index in [0.717, 1.165) is 24.2 Å². The van der Waals surface area contributed by atoms with Crippen molar-refractivity contribution < 1.29 is 27.7 Å². The summed E-state index contributed by atoms with van der Waals surface area (Å²) in [5.41, 5.74) is -0.229. The Hall–Kier alpha value is -3.67. The van der Waals surface area contributed by atoms with E-state index >= 15 is 0 Å². The average Bonchev–Trinajstić information content (AvgIpc) is 3.24. The van der Waals surface area contributed by atoms with Crippen molar-refractivity contribution in [3.63, 3.8) is 0 Å².